The van der Waals surface area contributed by atoms with Gasteiger partial charge in [-0.3, -0.25) is 4.79 Å². The second kappa shape index (κ2) is 5.69. The highest BCUT2D eigenvalue weighted by Crippen LogP contribution is 2.29. The van der Waals surface area contributed by atoms with E-state index in [9.17, 15) is 4.79 Å². The SMILES string of the molecule is O=C(NN=C1CCc2ccccc21)c1cc2c(s1)CCCC2. The average molecular weight is 310 g/mol. The Morgan fingerprint density at radius 3 is 2.82 bits per heavy atom. The van der Waals surface area contributed by atoms with Gasteiger partial charge in [0.15, 0.2) is 0 Å². The first-order valence-corrected chi connectivity index (χ1v) is 8.69. The van der Waals surface area contributed by atoms with Crippen LogP contribution in [-0.4, -0.2) is 11.6 Å². The summed E-state index contributed by atoms with van der Waals surface area (Å²) in [6, 6.07) is 10.3. The summed E-state index contributed by atoms with van der Waals surface area (Å²) in [5, 5.41) is 4.37. The molecular weight excluding hydrogens is 292 g/mol. The third-order valence-corrected chi connectivity index (χ3v) is 5.71. The molecule has 0 saturated heterocycles. The number of carbonyl (C=O) groups is 1. The molecule has 0 saturated carbocycles. The van der Waals surface area contributed by atoms with E-state index in [2.05, 4.69) is 34.8 Å². The second-order valence-corrected chi connectivity index (χ2v) is 7.06. The summed E-state index contributed by atoms with van der Waals surface area (Å²) in [6.07, 6.45) is 6.63. The van der Waals surface area contributed by atoms with E-state index >= 15 is 0 Å². The van der Waals surface area contributed by atoms with Crippen LogP contribution in [0.1, 0.15) is 50.5 Å². The molecule has 2 aliphatic rings. The number of carbonyl (C=O) groups excluding carboxylic acids is 1. The Bertz CT molecular complexity index is 737. The first-order chi connectivity index (χ1) is 10.8. The molecule has 0 fully saturated rings. The molecule has 2 aromatic rings. The van der Waals surface area contributed by atoms with Crippen LogP contribution in [0.15, 0.2) is 35.4 Å². The number of hydrogen-bond donors (Lipinski definition) is 1. The molecule has 0 atom stereocenters. The number of hydrogen-bond acceptors (Lipinski definition) is 3. The lowest BCUT2D eigenvalue weighted by molar-refractivity contribution is 0.0959. The van der Waals surface area contributed by atoms with E-state index in [0.29, 0.717) is 0 Å². The maximum Gasteiger partial charge on any atom is 0.281 e. The fraction of sp³-hybridized carbons (Fsp3) is 0.333. The zero-order valence-electron chi connectivity index (χ0n) is 12.4. The van der Waals surface area contributed by atoms with Crippen molar-refractivity contribution >= 4 is 23.0 Å². The first-order valence-electron chi connectivity index (χ1n) is 7.88. The van der Waals surface area contributed by atoms with Gasteiger partial charge in [0.05, 0.1) is 10.6 Å². The third kappa shape index (κ3) is 2.48. The summed E-state index contributed by atoms with van der Waals surface area (Å²) >= 11 is 1.63. The Balaban J connectivity index is 1.51. The molecule has 1 amide bonds. The van der Waals surface area contributed by atoms with Crippen molar-refractivity contribution < 1.29 is 4.79 Å². The molecule has 112 valence electrons. The van der Waals surface area contributed by atoms with Gasteiger partial charge in [-0.1, -0.05) is 24.3 Å². The molecule has 2 aliphatic carbocycles. The van der Waals surface area contributed by atoms with Crippen molar-refractivity contribution in [3.8, 4) is 0 Å². The summed E-state index contributed by atoms with van der Waals surface area (Å²) in [5.74, 6) is -0.0729. The number of thiophene rings is 1. The van der Waals surface area contributed by atoms with Crippen LogP contribution in [-0.2, 0) is 19.3 Å². The van der Waals surface area contributed by atoms with Crippen LogP contribution in [0.5, 0.6) is 0 Å². The first kappa shape index (κ1) is 13.7. The maximum absolute atomic E-state index is 12.3. The van der Waals surface area contributed by atoms with Crippen molar-refractivity contribution in [2.45, 2.75) is 38.5 Å². The number of benzene rings is 1. The number of nitrogens with zero attached hydrogens (tertiary/aromatic N) is 1. The molecule has 0 unspecified atom stereocenters. The summed E-state index contributed by atoms with van der Waals surface area (Å²) < 4.78 is 0. The number of nitrogens with one attached hydrogen (secondary N) is 1. The molecule has 0 bridgehead atoms. The largest absolute Gasteiger partial charge is 0.281 e. The average Bonchev–Trinajstić information content (AvgIpc) is 3.16. The highest BCUT2D eigenvalue weighted by Gasteiger charge is 2.19. The van der Waals surface area contributed by atoms with E-state index in [1.165, 1.54) is 34.4 Å². The van der Waals surface area contributed by atoms with Crippen molar-refractivity contribution in [3.05, 3.63) is 56.8 Å². The summed E-state index contributed by atoms with van der Waals surface area (Å²) in [7, 11) is 0. The van der Waals surface area contributed by atoms with Crippen molar-refractivity contribution in [1.82, 2.24) is 5.43 Å². The van der Waals surface area contributed by atoms with E-state index in [1.54, 1.807) is 11.3 Å². The summed E-state index contributed by atoms with van der Waals surface area (Å²) in [6.45, 7) is 0. The van der Waals surface area contributed by atoms with Crippen LogP contribution < -0.4 is 5.43 Å². The van der Waals surface area contributed by atoms with E-state index in [0.717, 1.165) is 36.3 Å². The molecule has 1 heterocycles. The molecule has 0 spiro atoms. The van der Waals surface area contributed by atoms with E-state index < -0.39 is 0 Å². The van der Waals surface area contributed by atoms with Crippen LogP contribution in [0.4, 0.5) is 0 Å². The Morgan fingerprint density at radius 1 is 1.05 bits per heavy atom. The van der Waals surface area contributed by atoms with Gasteiger partial charge >= 0.3 is 0 Å². The van der Waals surface area contributed by atoms with Crippen LogP contribution in [0.25, 0.3) is 0 Å². The molecule has 22 heavy (non-hydrogen) atoms. The van der Waals surface area contributed by atoms with E-state index in [1.807, 2.05) is 6.07 Å². The highest BCUT2D eigenvalue weighted by molar-refractivity contribution is 7.14. The van der Waals surface area contributed by atoms with Crippen molar-refractivity contribution in [3.63, 3.8) is 0 Å². The smallest absolute Gasteiger partial charge is 0.266 e. The van der Waals surface area contributed by atoms with Crippen LogP contribution in [0.2, 0.25) is 0 Å². The Kier molecular flexibility index (Phi) is 3.54. The lowest BCUT2D eigenvalue weighted by Crippen LogP contribution is -2.18. The van der Waals surface area contributed by atoms with Gasteiger partial charge < -0.3 is 0 Å². The Morgan fingerprint density at radius 2 is 1.91 bits per heavy atom. The van der Waals surface area contributed by atoms with E-state index in [4.69, 9.17) is 0 Å². The van der Waals surface area contributed by atoms with Gasteiger partial charge in [-0.05, 0) is 55.7 Å². The number of aryl methyl sites for hydroxylation is 3. The van der Waals surface area contributed by atoms with Gasteiger partial charge in [-0.2, -0.15) is 5.10 Å². The van der Waals surface area contributed by atoms with Gasteiger partial charge in [0.25, 0.3) is 5.91 Å². The topological polar surface area (TPSA) is 41.5 Å². The molecule has 0 aliphatic heterocycles. The molecule has 1 N–H and O–H groups in total. The summed E-state index contributed by atoms with van der Waals surface area (Å²) in [5.41, 5.74) is 7.60. The Hall–Kier alpha value is -1.94. The number of fused-ring (bicyclic) bond motifs is 2. The highest BCUT2D eigenvalue weighted by atomic mass is 32.1. The third-order valence-electron chi connectivity index (χ3n) is 4.47. The molecule has 0 radical (unpaired) electrons. The molecule has 4 heteroatoms. The minimum Gasteiger partial charge on any atom is -0.266 e. The minimum atomic E-state index is -0.0729. The van der Waals surface area contributed by atoms with Crippen molar-refractivity contribution in [1.29, 1.82) is 0 Å². The predicted molar refractivity (Wildman–Crippen MR) is 89.7 cm³/mol. The van der Waals surface area contributed by atoms with E-state index in [-0.39, 0.29) is 5.91 Å². The predicted octanol–water partition coefficient (Wildman–Crippen LogP) is 3.71. The lowest BCUT2D eigenvalue weighted by atomic mass is 9.99. The number of amides is 1. The zero-order valence-corrected chi connectivity index (χ0v) is 13.2. The lowest BCUT2D eigenvalue weighted by Gasteiger charge is -2.08. The van der Waals surface area contributed by atoms with Gasteiger partial charge in [0, 0.05) is 10.4 Å². The Labute approximate surface area is 134 Å². The fourth-order valence-electron chi connectivity index (χ4n) is 3.30. The van der Waals surface area contributed by atoms with Gasteiger partial charge in [-0.15, -0.1) is 11.3 Å². The van der Waals surface area contributed by atoms with Crippen molar-refractivity contribution in [2.24, 2.45) is 5.10 Å². The van der Waals surface area contributed by atoms with Gasteiger partial charge in [-0.25, -0.2) is 5.43 Å². The molecule has 1 aromatic carbocycles. The summed E-state index contributed by atoms with van der Waals surface area (Å²) in [4.78, 5) is 14.5. The fourth-order valence-corrected chi connectivity index (χ4v) is 4.44. The monoisotopic (exact) mass is 310 g/mol. The molecular formula is C18H18N2OS. The normalized spacial score (nSPS) is 18.1. The van der Waals surface area contributed by atoms with Crippen LogP contribution in [0, 0.1) is 0 Å². The van der Waals surface area contributed by atoms with Crippen LogP contribution >= 0.6 is 11.3 Å². The maximum atomic E-state index is 12.3. The van der Waals surface area contributed by atoms with Gasteiger partial charge in [0.1, 0.15) is 0 Å². The van der Waals surface area contributed by atoms with Crippen molar-refractivity contribution in [2.75, 3.05) is 0 Å². The second-order valence-electron chi connectivity index (χ2n) is 5.92. The number of hydrazone groups is 1. The van der Waals surface area contributed by atoms with Crippen LogP contribution in [0.3, 0.4) is 0 Å². The molecule has 3 nitrogen and oxygen atoms in total. The number of rotatable bonds is 2. The molecule has 4 rings (SSSR count). The minimum absolute atomic E-state index is 0.0729. The molecule has 1 aromatic heterocycles. The quantitative estimate of drug-likeness (QED) is 0.844. The van der Waals surface area contributed by atoms with Gasteiger partial charge in [0.2, 0.25) is 0 Å². The zero-order chi connectivity index (χ0) is 14.9. The standard InChI is InChI=1S/C18H18N2OS/c21-18(17-11-13-6-2-4-8-16(13)22-17)20-19-15-10-9-12-5-1-3-7-14(12)15/h1,3,5,7,11H,2,4,6,8-10H2,(H,20,21).